The van der Waals surface area contributed by atoms with Crippen LogP contribution in [0.2, 0.25) is 0 Å². The van der Waals surface area contributed by atoms with Gasteiger partial charge in [0.05, 0.1) is 5.92 Å². The van der Waals surface area contributed by atoms with E-state index in [0.717, 1.165) is 16.8 Å². The summed E-state index contributed by atoms with van der Waals surface area (Å²) in [4.78, 5) is 12.9. The lowest BCUT2D eigenvalue weighted by Crippen LogP contribution is -2.43. The highest BCUT2D eigenvalue weighted by atomic mass is 32.2. The molecule has 1 aromatic heterocycles. The van der Waals surface area contributed by atoms with Crippen LogP contribution in [0, 0.1) is 12.8 Å². The summed E-state index contributed by atoms with van der Waals surface area (Å²) in [6.07, 6.45) is 1.39. The van der Waals surface area contributed by atoms with Gasteiger partial charge in [0.25, 0.3) is 10.0 Å². The lowest BCUT2D eigenvalue weighted by molar-refractivity contribution is -0.120. The van der Waals surface area contributed by atoms with Gasteiger partial charge in [-0.25, -0.2) is 8.42 Å². The molecule has 0 unspecified atom stereocenters. The molecule has 1 atom stereocenters. The zero-order chi connectivity index (χ0) is 19.6. The predicted molar refractivity (Wildman–Crippen MR) is 110 cm³/mol. The minimum Gasteiger partial charge on any atom is -0.325 e. The van der Waals surface area contributed by atoms with Crippen molar-refractivity contribution in [3.05, 3.63) is 46.8 Å². The highest BCUT2D eigenvalue weighted by molar-refractivity contribution is 7.91. The van der Waals surface area contributed by atoms with Gasteiger partial charge in [0, 0.05) is 18.8 Å². The molecule has 1 aliphatic rings. The van der Waals surface area contributed by atoms with Gasteiger partial charge in [-0.15, -0.1) is 11.3 Å². The van der Waals surface area contributed by atoms with Crippen molar-refractivity contribution >= 4 is 33.0 Å². The summed E-state index contributed by atoms with van der Waals surface area (Å²) in [5.74, 6) is -0.146. The highest BCUT2D eigenvalue weighted by Gasteiger charge is 2.34. The fourth-order valence-electron chi connectivity index (χ4n) is 3.48. The molecule has 0 aliphatic carbocycles. The predicted octanol–water partition coefficient (Wildman–Crippen LogP) is 4.22. The standard InChI is InChI=1S/C20H26N2O3S2/c1-14(2)17-9-4-7-15(3)19(17)21-20(23)16-8-5-11-22(13-16)27(24,25)18-10-6-12-26-18/h4,6-7,9-10,12,14,16H,5,8,11,13H2,1-3H3,(H,21,23)/t16-/m0/s1. The molecule has 1 aromatic carbocycles. The number of nitrogens with one attached hydrogen (secondary N) is 1. The third kappa shape index (κ3) is 4.25. The molecular formula is C20H26N2O3S2. The van der Waals surface area contributed by atoms with Crippen LogP contribution in [-0.2, 0) is 14.8 Å². The van der Waals surface area contributed by atoms with Crippen molar-refractivity contribution in [1.82, 2.24) is 4.31 Å². The number of aryl methyl sites for hydroxylation is 1. The lowest BCUT2D eigenvalue weighted by atomic mass is 9.95. The number of thiophene rings is 1. The van der Waals surface area contributed by atoms with Crippen molar-refractivity contribution in [2.75, 3.05) is 18.4 Å². The topological polar surface area (TPSA) is 66.5 Å². The number of hydrogen-bond donors (Lipinski definition) is 1. The number of nitrogens with zero attached hydrogens (tertiary/aromatic N) is 1. The first kappa shape index (κ1) is 20.0. The molecule has 1 N–H and O–H groups in total. The number of para-hydroxylation sites is 1. The van der Waals surface area contributed by atoms with Gasteiger partial charge in [0.1, 0.15) is 4.21 Å². The molecule has 1 saturated heterocycles. The summed E-state index contributed by atoms with van der Waals surface area (Å²) in [7, 11) is -3.52. The lowest BCUT2D eigenvalue weighted by Gasteiger charge is -2.31. The summed E-state index contributed by atoms with van der Waals surface area (Å²) in [5.41, 5.74) is 2.98. The number of hydrogen-bond acceptors (Lipinski definition) is 4. The van der Waals surface area contributed by atoms with Gasteiger partial charge in [-0.2, -0.15) is 4.31 Å². The summed E-state index contributed by atoms with van der Waals surface area (Å²) < 4.78 is 27.3. The SMILES string of the molecule is Cc1cccc(C(C)C)c1NC(=O)[C@H]1CCCN(S(=O)(=O)c2cccs2)C1. The first-order valence-electron chi connectivity index (χ1n) is 9.24. The van der Waals surface area contributed by atoms with Crippen LogP contribution in [0.4, 0.5) is 5.69 Å². The Hall–Kier alpha value is -1.70. The van der Waals surface area contributed by atoms with Crippen LogP contribution in [-0.4, -0.2) is 31.7 Å². The third-order valence-corrected chi connectivity index (χ3v) is 8.26. The largest absolute Gasteiger partial charge is 0.325 e. The zero-order valence-corrected chi connectivity index (χ0v) is 17.6. The summed E-state index contributed by atoms with van der Waals surface area (Å²) in [6.45, 7) is 6.87. The van der Waals surface area contributed by atoms with Crippen molar-refractivity contribution in [2.24, 2.45) is 5.92 Å². The number of benzene rings is 1. The Morgan fingerprint density at radius 2 is 2.04 bits per heavy atom. The number of amides is 1. The van der Waals surface area contributed by atoms with E-state index in [1.807, 2.05) is 25.1 Å². The smallest absolute Gasteiger partial charge is 0.252 e. The molecule has 2 aromatic rings. The Morgan fingerprint density at radius 1 is 1.26 bits per heavy atom. The summed E-state index contributed by atoms with van der Waals surface area (Å²) in [5, 5.41) is 4.84. The van der Waals surface area contributed by atoms with Crippen LogP contribution in [0.25, 0.3) is 0 Å². The van der Waals surface area contributed by atoms with Gasteiger partial charge < -0.3 is 5.32 Å². The van der Waals surface area contributed by atoms with Crippen molar-refractivity contribution in [3.63, 3.8) is 0 Å². The van der Waals surface area contributed by atoms with Crippen LogP contribution in [0.15, 0.2) is 39.9 Å². The molecule has 3 rings (SSSR count). The van der Waals surface area contributed by atoms with Crippen LogP contribution < -0.4 is 5.32 Å². The van der Waals surface area contributed by atoms with Gasteiger partial charge >= 0.3 is 0 Å². The van der Waals surface area contributed by atoms with Crippen molar-refractivity contribution in [3.8, 4) is 0 Å². The Kier molecular flexibility index (Phi) is 6.03. The molecule has 2 heterocycles. The molecule has 146 valence electrons. The van der Waals surface area contributed by atoms with E-state index in [1.165, 1.54) is 15.6 Å². The molecule has 0 spiro atoms. The van der Waals surface area contributed by atoms with E-state index < -0.39 is 10.0 Å². The van der Waals surface area contributed by atoms with E-state index in [2.05, 4.69) is 19.2 Å². The Bertz CT molecular complexity index is 905. The zero-order valence-electron chi connectivity index (χ0n) is 15.9. The highest BCUT2D eigenvalue weighted by Crippen LogP contribution is 2.30. The fourth-order valence-corrected chi connectivity index (χ4v) is 6.15. The average Bonchev–Trinajstić information content (AvgIpc) is 3.19. The Morgan fingerprint density at radius 3 is 2.70 bits per heavy atom. The number of rotatable bonds is 5. The molecule has 1 fully saturated rings. The molecule has 0 radical (unpaired) electrons. The average molecular weight is 407 g/mol. The van der Waals surface area contributed by atoms with E-state index in [1.54, 1.807) is 17.5 Å². The Labute approximate surface area is 165 Å². The second kappa shape index (κ2) is 8.12. The third-order valence-electron chi connectivity index (χ3n) is 5.02. The van der Waals surface area contributed by atoms with E-state index in [4.69, 9.17) is 0 Å². The molecule has 1 amide bonds. The van der Waals surface area contributed by atoms with E-state index >= 15 is 0 Å². The number of anilines is 1. The molecule has 0 saturated carbocycles. The van der Waals surface area contributed by atoms with Gasteiger partial charge in [-0.1, -0.05) is 38.1 Å². The van der Waals surface area contributed by atoms with Crippen molar-refractivity contribution in [2.45, 2.75) is 43.7 Å². The fraction of sp³-hybridized carbons (Fsp3) is 0.450. The van der Waals surface area contributed by atoms with E-state index in [0.29, 0.717) is 29.5 Å². The number of carbonyl (C=O) groups excluding carboxylic acids is 1. The maximum atomic E-state index is 12.9. The first-order chi connectivity index (χ1) is 12.8. The number of piperidine rings is 1. The van der Waals surface area contributed by atoms with Crippen LogP contribution in [0.5, 0.6) is 0 Å². The van der Waals surface area contributed by atoms with Crippen molar-refractivity contribution in [1.29, 1.82) is 0 Å². The molecule has 5 nitrogen and oxygen atoms in total. The van der Waals surface area contributed by atoms with Gasteiger partial charge in [0.15, 0.2) is 0 Å². The summed E-state index contributed by atoms with van der Waals surface area (Å²) >= 11 is 1.21. The number of carbonyl (C=O) groups is 1. The first-order valence-corrected chi connectivity index (χ1v) is 11.6. The van der Waals surface area contributed by atoms with E-state index in [-0.39, 0.29) is 18.4 Å². The quantitative estimate of drug-likeness (QED) is 0.808. The minimum atomic E-state index is -3.52. The molecule has 1 aliphatic heterocycles. The van der Waals surface area contributed by atoms with Crippen LogP contribution in [0.3, 0.4) is 0 Å². The normalized spacial score (nSPS) is 18.6. The monoisotopic (exact) mass is 406 g/mol. The molecular weight excluding hydrogens is 380 g/mol. The van der Waals surface area contributed by atoms with Crippen LogP contribution >= 0.6 is 11.3 Å². The van der Waals surface area contributed by atoms with Gasteiger partial charge in [-0.05, 0) is 48.3 Å². The second-order valence-corrected chi connectivity index (χ2v) is 10.4. The summed E-state index contributed by atoms with van der Waals surface area (Å²) in [6, 6.07) is 9.36. The van der Waals surface area contributed by atoms with Gasteiger partial charge in [0.2, 0.25) is 5.91 Å². The van der Waals surface area contributed by atoms with Gasteiger partial charge in [-0.3, -0.25) is 4.79 Å². The van der Waals surface area contributed by atoms with Crippen LogP contribution in [0.1, 0.15) is 43.7 Å². The maximum Gasteiger partial charge on any atom is 0.252 e. The maximum absolute atomic E-state index is 12.9. The second-order valence-electron chi connectivity index (χ2n) is 7.32. The molecule has 27 heavy (non-hydrogen) atoms. The Balaban J connectivity index is 1.77. The number of sulfonamides is 1. The molecule has 0 bridgehead atoms. The molecule has 7 heteroatoms. The minimum absolute atomic E-state index is 0.0997. The van der Waals surface area contributed by atoms with E-state index in [9.17, 15) is 13.2 Å². The van der Waals surface area contributed by atoms with Crippen molar-refractivity contribution < 1.29 is 13.2 Å².